The molecule has 1 aliphatic carbocycles. The van der Waals surface area contributed by atoms with Crippen molar-refractivity contribution in [2.75, 3.05) is 19.7 Å². The molecule has 0 radical (unpaired) electrons. The van der Waals surface area contributed by atoms with E-state index in [0.717, 1.165) is 18.4 Å². The summed E-state index contributed by atoms with van der Waals surface area (Å²) < 4.78 is 40.3. The van der Waals surface area contributed by atoms with Gasteiger partial charge in [-0.15, -0.1) is 0 Å². The van der Waals surface area contributed by atoms with Crippen molar-refractivity contribution in [2.45, 2.75) is 63.6 Å². The van der Waals surface area contributed by atoms with E-state index >= 15 is 0 Å². The zero-order valence-corrected chi connectivity index (χ0v) is 15.7. The van der Waals surface area contributed by atoms with Gasteiger partial charge in [-0.25, -0.2) is 13.6 Å². The fourth-order valence-electron chi connectivity index (χ4n) is 3.13. The molecule has 1 aromatic rings. The normalized spacial score (nSPS) is 19.9. The van der Waals surface area contributed by atoms with Crippen LogP contribution < -0.4 is 10.1 Å². The van der Waals surface area contributed by atoms with E-state index in [0.29, 0.717) is 31.7 Å². The van der Waals surface area contributed by atoms with Crippen molar-refractivity contribution in [3.05, 3.63) is 29.1 Å². The predicted molar refractivity (Wildman–Crippen MR) is 95.0 cm³/mol. The molecule has 0 spiro atoms. The maximum absolute atomic E-state index is 14.8. The zero-order valence-electron chi connectivity index (χ0n) is 15.7. The quantitative estimate of drug-likeness (QED) is 0.795. The van der Waals surface area contributed by atoms with Crippen molar-refractivity contribution < 1.29 is 23.0 Å². The molecule has 0 amide bonds. The Balaban J connectivity index is 1.80. The van der Waals surface area contributed by atoms with Crippen LogP contribution in [-0.2, 0) is 4.74 Å². The molecule has 6 heteroatoms. The van der Waals surface area contributed by atoms with Crippen LogP contribution in [0.2, 0.25) is 0 Å². The Morgan fingerprint density at radius 3 is 2.50 bits per heavy atom. The fourth-order valence-corrected chi connectivity index (χ4v) is 3.13. The lowest BCUT2D eigenvalue weighted by atomic mass is 9.95. The van der Waals surface area contributed by atoms with Crippen molar-refractivity contribution in [3.63, 3.8) is 0 Å². The summed E-state index contributed by atoms with van der Waals surface area (Å²) in [6, 6.07) is 2.72. The Labute approximate surface area is 153 Å². The average Bonchev–Trinajstić information content (AvgIpc) is 3.37. The molecule has 3 rings (SSSR count). The number of ether oxygens (including phenoxy) is 2. The largest absolute Gasteiger partial charge is 0.490 e. The number of hydrogen-bond acceptors (Lipinski definition) is 4. The predicted octanol–water partition coefficient (Wildman–Crippen LogP) is 4.13. The van der Waals surface area contributed by atoms with Crippen LogP contribution in [0.1, 0.15) is 68.3 Å². The molecule has 1 saturated heterocycles. The highest BCUT2D eigenvalue weighted by Gasteiger charge is 2.35. The lowest BCUT2D eigenvalue weighted by Gasteiger charge is -2.30. The molecule has 4 nitrogen and oxygen atoms in total. The van der Waals surface area contributed by atoms with Crippen molar-refractivity contribution in [1.29, 1.82) is 0 Å². The summed E-state index contributed by atoms with van der Waals surface area (Å²) in [4.78, 5) is 12.3. The Kier molecular flexibility index (Phi) is 5.24. The minimum Gasteiger partial charge on any atom is -0.490 e. The summed E-state index contributed by atoms with van der Waals surface area (Å²) in [5.41, 5.74) is -1.42. The summed E-state index contributed by atoms with van der Waals surface area (Å²) in [5, 5.41) is 3.12. The van der Waals surface area contributed by atoms with Crippen LogP contribution >= 0.6 is 0 Å². The Morgan fingerprint density at radius 1 is 1.27 bits per heavy atom. The van der Waals surface area contributed by atoms with Gasteiger partial charge in [-0.3, -0.25) is 0 Å². The van der Waals surface area contributed by atoms with Crippen LogP contribution in [0, 0.1) is 5.82 Å². The number of piperidine rings is 1. The van der Waals surface area contributed by atoms with Gasteiger partial charge in [0.1, 0.15) is 29.4 Å². The number of benzene rings is 1. The maximum Gasteiger partial charge on any atom is 0.341 e. The van der Waals surface area contributed by atoms with Gasteiger partial charge in [-0.2, -0.15) is 0 Å². The van der Waals surface area contributed by atoms with E-state index < -0.39 is 23.1 Å². The highest BCUT2D eigenvalue weighted by molar-refractivity contribution is 5.90. The van der Waals surface area contributed by atoms with Gasteiger partial charge in [0.15, 0.2) is 0 Å². The molecule has 1 saturated carbocycles. The highest BCUT2D eigenvalue weighted by atomic mass is 19.1. The molecule has 144 valence electrons. The molecule has 0 unspecified atom stereocenters. The van der Waals surface area contributed by atoms with Gasteiger partial charge < -0.3 is 14.8 Å². The molecule has 0 bridgehead atoms. The maximum atomic E-state index is 14.8. The second-order valence-corrected chi connectivity index (χ2v) is 8.34. The minimum atomic E-state index is -1.40. The van der Waals surface area contributed by atoms with E-state index in [4.69, 9.17) is 9.47 Å². The van der Waals surface area contributed by atoms with Crippen molar-refractivity contribution in [3.8, 4) is 5.75 Å². The molecule has 1 heterocycles. The summed E-state index contributed by atoms with van der Waals surface area (Å²) >= 11 is 0. The number of alkyl halides is 1. The first-order chi connectivity index (χ1) is 12.2. The summed E-state index contributed by atoms with van der Waals surface area (Å²) in [7, 11) is 0. The topological polar surface area (TPSA) is 47.6 Å². The molecule has 2 fully saturated rings. The number of carbonyl (C=O) groups excluding carboxylic acids is 1. The van der Waals surface area contributed by atoms with Crippen LogP contribution in [0.15, 0.2) is 12.1 Å². The highest BCUT2D eigenvalue weighted by Crippen LogP contribution is 2.45. The van der Waals surface area contributed by atoms with E-state index in [9.17, 15) is 13.6 Å². The van der Waals surface area contributed by atoms with E-state index in [1.165, 1.54) is 12.1 Å². The first-order valence-electron chi connectivity index (χ1n) is 9.26. The molecule has 0 atom stereocenters. The second kappa shape index (κ2) is 7.14. The van der Waals surface area contributed by atoms with E-state index in [2.05, 4.69) is 5.32 Å². The molecular formula is C20H27F2NO3. The summed E-state index contributed by atoms with van der Waals surface area (Å²) in [6.07, 6.45) is 2.68. The number of halogens is 2. The van der Waals surface area contributed by atoms with Crippen molar-refractivity contribution in [2.24, 2.45) is 0 Å². The Hall–Kier alpha value is -1.69. The summed E-state index contributed by atoms with van der Waals surface area (Å²) in [6.45, 7) is 6.34. The molecule has 1 aromatic carbocycles. The van der Waals surface area contributed by atoms with Gasteiger partial charge in [-0.1, -0.05) is 0 Å². The first kappa shape index (κ1) is 19.1. The van der Waals surface area contributed by atoms with Gasteiger partial charge in [-0.05, 0) is 77.1 Å². The second-order valence-electron chi connectivity index (χ2n) is 8.34. The number of rotatable bonds is 5. The molecule has 26 heavy (non-hydrogen) atoms. The van der Waals surface area contributed by atoms with E-state index in [1.807, 2.05) is 0 Å². The fraction of sp³-hybridized carbons (Fsp3) is 0.650. The van der Waals surface area contributed by atoms with Gasteiger partial charge in [0.05, 0.1) is 5.56 Å². The summed E-state index contributed by atoms with van der Waals surface area (Å²) in [5.74, 6) is -0.816. The number of carbonyl (C=O) groups is 1. The number of esters is 1. The SMILES string of the molecule is CC(C)(C)OC(=O)c1cc(C2CC2)c(OCC2(F)CCNCC2)cc1F. The minimum absolute atomic E-state index is 0.0917. The van der Waals surface area contributed by atoms with Gasteiger partial charge in [0.25, 0.3) is 0 Å². The van der Waals surface area contributed by atoms with E-state index in [-0.39, 0.29) is 18.1 Å². The standard InChI is InChI=1S/C20H27F2NO3/c1-19(2,3)26-18(24)15-10-14(13-4-5-13)17(11-16(15)21)25-12-20(22)6-8-23-9-7-20/h10-11,13,23H,4-9,12H2,1-3H3. The van der Waals surface area contributed by atoms with Crippen LogP contribution in [0.3, 0.4) is 0 Å². The molecule has 2 aliphatic rings. The smallest absolute Gasteiger partial charge is 0.341 e. The molecule has 0 aromatic heterocycles. The third kappa shape index (κ3) is 4.72. The van der Waals surface area contributed by atoms with Gasteiger partial charge in [0.2, 0.25) is 0 Å². The monoisotopic (exact) mass is 367 g/mol. The lowest BCUT2D eigenvalue weighted by Crippen LogP contribution is -2.42. The molecular weight excluding hydrogens is 340 g/mol. The van der Waals surface area contributed by atoms with Crippen LogP contribution in [0.25, 0.3) is 0 Å². The Bertz CT molecular complexity index is 674. The average molecular weight is 367 g/mol. The van der Waals surface area contributed by atoms with Crippen molar-refractivity contribution in [1.82, 2.24) is 5.32 Å². The number of hydrogen-bond donors (Lipinski definition) is 1. The van der Waals surface area contributed by atoms with E-state index in [1.54, 1.807) is 20.8 Å². The van der Waals surface area contributed by atoms with Crippen molar-refractivity contribution >= 4 is 5.97 Å². The lowest BCUT2D eigenvalue weighted by molar-refractivity contribution is 0.00641. The third-order valence-electron chi connectivity index (χ3n) is 4.72. The molecule has 1 N–H and O–H groups in total. The molecule has 1 aliphatic heterocycles. The van der Waals surface area contributed by atoms with Gasteiger partial charge in [0, 0.05) is 6.07 Å². The third-order valence-corrected chi connectivity index (χ3v) is 4.72. The van der Waals surface area contributed by atoms with Crippen LogP contribution in [0.5, 0.6) is 5.75 Å². The van der Waals surface area contributed by atoms with Crippen LogP contribution in [-0.4, -0.2) is 36.9 Å². The first-order valence-corrected chi connectivity index (χ1v) is 9.26. The van der Waals surface area contributed by atoms with Gasteiger partial charge >= 0.3 is 5.97 Å². The number of nitrogens with one attached hydrogen (secondary N) is 1. The van der Waals surface area contributed by atoms with Crippen LogP contribution in [0.4, 0.5) is 8.78 Å². The Morgan fingerprint density at radius 2 is 1.92 bits per heavy atom. The zero-order chi connectivity index (χ0) is 18.9.